The number of carbonyl (C=O) groups excluding carboxylic acids is 2. The summed E-state index contributed by atoms with van der Waals surface area (Å²) in [5.74, 6) is 1.73. The molecule has 9 nitrogen and oxygen atoms in total. The molecular weight excluding hydrogens is 404 g/mol. The first kappa shape index (κ1) is 19.9. The highest BCUT2D eigenvalue weighted by molar-refractivity contribution is 7.98. The van der Waals surface area contributed by atoms with Crippen molar-refractivity contribution < 1.29 is 14.3 Å². The van der Waals surface area contributed by atoms with E-state index in [0.29, 0.717) is 28.9 Å². The van der Waals surface area contributed by atoms with Crippen LogP contribution in [-0.2, 0) is 17.0 Å². The molecule has 154 valence electrons. The molecule has 2 aromatic heterocycles. The summed E-state index contributed by atoms with van der Waals surface area (Å²) in [4.78, 5) is 27.5. The van der Waals surface area contributed by atoms with Gasteiger partial charge in [-0.2, -0.15) is 0 Å². The van der Waals surface area contributed by atoms with Crippen molar-refractivity contribution in [1.29, 1.82) is 0 Å². The van der Waals surface area contributed by atoms with Crippen molar-refractivity contribution in [1.82, 2.24) is 30.4 Å². The number of pyridine rings is 1. The Labute approximate surface area is 177 Å². The van der Waals surface area contributed by atoms with E-state index in [4.69, 9.17) is 4.74 Å². The maximum Gasteiger partial charge on any atom is 0.321 e. The lowest BCUT2D eigenvalue weighted by atomic mass is 10.1. The molecule has 3 amide bonds. The second kappa shape index (κ2) is 8.95. The molecule has 0 saturated carbocycles. The third-order valence-corrected chi connectivity index (χ3v) is 5.55. The van der Waals surface area contributed by atoms with Crippen LogP contribution in [0.3, 0.4) is 0 Å². The van der Waals surface area contributed by atoms with Crippen LogP contribution in [0.1, 0.15) is 17.8 Å². The number of thioether (sulfide) groups is 1. The molecule has 1 aromatic carbocycles. The van der Waals surface area contributed by atoms with E-state index < -0.39 is 6.03 Å². The number of methoxy groups -OCH3 is 1. The number of amides is 3. The Kier molecular flexibility index (Phi) is 5.94. The Balaban J connectivity index is 1.64. The highest BCUT2D eigenvalue weighted by Crippen LogP contribution is 2.27. The molecular formula is C20H20N6O3S. The van der Waals surface area contributed by atoms with Gasteiger partial charge in [-0.05, 0) is 23.8 Å². The van der Waals surface area contributed by atoms with Crippen LogP contribution in [0.5, 0.6) is 5.75 Å². The molecule has 1 unspecified atom stereocenters. The molecule has 3 heterocycles. The normalized spacial score (nSPS) is 16.1. The number of ether oxygens (including phenoxy) is 1. The Morgan fingerprint density at radius 1 is 1.23 bits per heavy atom. The first-order chi connectivity index (χ1) is 14.6. The molecule has 0 spiro atoms. The molecule has 1 saturated heterocycles. The van der Waals surface area contributed by atoms with Crippen LogP contribution in [0.15, 0.2) is 53.9 Å². The summed E-state index contributed by atoms with van der Waals surface area (Å²) in [6, 6.07) is 10.6. The number of nitrogens with zero attached hydrogens (tertiary/aromatic N) is 4. The molecule has 1 aliphatic heterocycles. The Bertz CT molecular complexity index is 1040. The van der Waals surface area contributed by atoms with Crippen LogP contribution < -0.4 is 15.4 Å². The van der Waals surface area contributed by atoms with Gasteiger partial charge in [0.05, 0.1) is 12.8 Å². The fourth-order valence-electron chi connectivity index (χ4n) is 3.18. The highest BCUT2D eigenvalue weighted by Gasteiger charge is 2.26. The fourth-order valence-corrected chi connectivity index (χ4v) is 4.09. The van der Waals surface area contributed by atoms with Crippen LogP contribution >= 0.6 is 11.8 Å². The zero-order chi connectivity index (χ0) is 20.9. The van der Waals surface area contributed by atoms with Gasteiger partial charge in [0, 0.05) is 43.1 Å². The second-order valence-electron chi connectivity index (χ2n) is 6.71. The van der Waals surface area contributed by atoms with E-state index in [1.165, 1.54) is 11.8 Å². The van der Waals surface area contributed by atoms with Crippen molar-refractivity contribution in [3.05, 3.63) is 60.2 Å². The van der Waals surface area contributed by atoms with Gasteiger partial charge in [-0.3, -0.25) is 19.7 Å². The molecule has 1 atom stereocenters. The predicted molar refractivity (Wildman–Crippen MR) is 110 cm³/mol. The zero-order valence-corrected chi connectivity index (χ0v) is 17.1. The van der Waals surface area contributed by atoms with Gasteiger partial charge < -0.3 is 10.1 Å². The van der Waals surface area contributed by atoms with Gasteiger partial charge in [0.25, 0.3) is 0 Å². The van der Waals surface area contributed by atoms with Crippen molar-refractivity contribution in [3.63, 3.8) is 0 Å². The van der Waals surface area contributed by atoms with Crippen molar-refractivity contribution in [2.45, 2.75) is 29.8 Å². The SMILES string of the molecule is COc1cccc(-n2c(CC3CC(=O)NC(=O)N3)nnc2SCc2cccnc2)c1. The summed E-state index contributed by atoms with van der Waals surface area (Å²) < 4.78 is 7.29. The number of aromatic nitrogens is 4. The Morgan fingerprint density at radius 3 is 2.90 bits per heavy atom. The number of rotatable bonds is 7. The smallest absolute Gasteiger partial charge is 0.321 e. The van der Waals surface area contributed by atoms with Gasteiger partial charge >= 0.3 is 6.03 Å². The summed E-state index contributed by atoms with van der Waals surface area (Å²) in [6.45, 7) is 0. The Hall–Kier alpha value is -3.40. The highest BCUT2D eigenvalue weighted by atomic mass is 32.2. The number of imide groups is 1. The summed E-state index contributed by atoms with van der Waals surface area (Å²) in [5, 5.41) is 14.4. The van der Waals surface area contributed by atoms with Gasteiger partial charge in [-0.15, -0.1) is 10.2 Å². The van der Waals surface area contributed by atoms with Crippen LogP contribution in [0.4, 0.5) is 4.79 Å². The summed E-state index contributed by atoms with van der Waals surface area (Å²) in [5.41, 5.74) is 1.91. The minimum absolute atomic E-state index is 0.189. The van der Waals surface area contributed by atoms with E-state index in [1.54, 1.807) is 13.3 Å². The third kappa shape index (κ3) is 4.60. The van der Waals surface area contributed by atoms with Crippen LogP contribution in [0.25, 0.3) is 5.69 Å². The van der Waals surface area contributed by atoms with Crippen molar-refractivity contribution in [2.75, 3.05) is 7.11 Å². The molecule has 3 aromatic rings. The summed E-state index contributed by atoms with van der Waals surface area (Å²) in [7, 11) is 1.61. The number of urea groups is 1. The largest absolute Gasteiger partial charge is 0.497 e. The van der Waals surface area contributed by atoms with Gasteiger partial charge in [0.15, 0.2) is 5.16 Å². The standard InChI is InChI=1S/C20H20N6O3S/c1-29-16-6-2-5-15(10-16)26-17(8-14-9-18(27)23-19(28)22-14)24-25-20(26)30-12-13-4-3-7-21-11-13/h2-7,10-11,14H,8-9,12H2,1H3,(H2,22,23,27,28). The first-order valence-electron chi connectivity index (χ1n) is 9.33. The third-order valence-electron chi connectivity index (χ3n) is 4.55. The van der Waals surface area contributed by atoms with E-state index in [2.05, 4.69) is 25.8 Å². The maximum atomic E-state index is 11.7. The van der Waals surface area contributed by atoms with Gasteiger partial charge in [0.2, 0.25) is 5.91 Å². The second-order valence-corrected chi connectivity index (χ2v) is 7.65. The quantitative estimate of drug-likeness (QED) is 0.559. The maximum absolute atomic E-state index is 11.7. The molecule has 2 N–H and O–H groups in total. The minimum atomic E-state index is -0.491. The minimum Gasteiger partial charge on any atom is -0.497 e. The van der Waals surface area contributed by atoms with Gasteiger partial charge in [-0.1, -0.05) is 23.9 Å². The molecule has 4 rings (SSSR count). The van der Waals surface area contributed by atoms with Crippen LogP contribution in [0.2, 0.25) is 0 Å². The number of hydrogen-bond donors (Lipinski definition) is 2. The fraction of sp³-hybridized carbons (Fsp3) is 0.250. The molecule has 0 bridgehead atoms. The average molecular weight is 424 g/mol. The lowest BCUT2D eigenvalue weighted by molar-refractivity contribution is -0.121. The summed E-state index contributed by atoms with van der Waals surface area (Å²) >= 11 is 1.53. The van der Waals surface area contributed by atoms with Crippen molar-refractivity contribution in [2.24, 2.45) is 0 Å². The monoisotopic (exact) mass is 424 g/mol. The van der Waals surface area contributed by atoms with E-state index in [9.17, 15) is 9.59 Å². The average Bonchev–Trinajstić information content (AvgIpc) is 3.14. The first-order valence-corrected chi connectivity index (χ1v) is 10.3. The number of hydrogen-bond acceptors (Lipinski definition) is 7. The van der Waals surface area contributed by atoms with Gasteiger partial charge in [0.1, 0.15) is 11.6 Å². The molecule has 30 heavy (non-hydrogen) atoms. The van der Waals surface area contributed by atoms with E-state index in [0.717, 1.165) is 11.3 Å². The lowest BCUT2D eigenvalue weighted by Crippen LogP contribution is -2.53. The van der Waals surface area contributed by atoms with E-state index in [-0.39, 0.29) is 18.4 Å². The lowest BCUT2D eigenvalue weighted by Gasteiger charge is -2.23. The Morgan fingerprint density at radius 2 is 2.13 bits per heavy atom. The molecule has 0 radical (unpaired) electrons. The topological polar surface area (TPSA) is 111 Å². The molecule has 1 aliphatic rings. The van der Waals surface area contributed by atoms with E-state index >= 15 is 0 Å². The number of carbonyl (C=O) groups is 2. The van der Waals surface area contributed by atoms with Gasteiger partial charge in [-0.25, -0.2) is 4.79 Å². The number of benzene rings is 1. The molecule has 0 aliphatic carbocycles. The number of nitrogens with one attached hydrogen (secondary N) is 2. The van der Waals surface area contributed by atoms with Crippen molar-refractivity contribution >= 4 is 23.7 Å². The molecule has 1 fully saturated rings. The summed E-state index contributed by atoms with van der Waals surface area (Å²) in [6.07, 6.45) is 4.11. The van der Waals surface area contributed by atoms with E-state index in [1.807, 2.05) is 47.2 Å². The predicted octanol–water partition coefficient (Wildman–Crippen LogP) is 2.10. The zero-order valence-electron chi connectivity index (χ0n) is 16.2. The van der Waals surface area contributed by atoms with Crippen molar-refractivity contribution in [3.8, 4) is 11.4 Å². The van der Waals surface area contributed by atoms with Crippen LogP contribution in [0, 0.1) is 0 Å². The van der Waals surface area contributed by atoms with Crippen LogP contribution in [-0.4, -0.2) is 44.8 Å². The molecule has 10 heteroatoms.